The molecule has 4 N–H and O–H groups in total. The number of benzene rings is 1. The number of anilines is 2. The zero-order valence-electron chi connectivity index (χ0n) is 12.6. The summed E-state index contributed by atoms with van der Waals surface area (Å²) in [5.74, 6) is 0.981. The molecule has 0 aliphatic heterocycles. The summed E-state index contributed by atoms with van der Waals surface area (Å²) >= 11 is 0. The molecule has 0 amide bonds. The second kappa shape index (κ2) is 5.48. The van der Waals surface area contributed by atoms with E-state index < -0.39 is 0 Å². The zero-order valence-corrected chi connectivity index (χ0v) is 12.6. The van der Waals surface area contributed by atoms with Crippen LogP contribution in [0.25, 0.3) is 5.69 Å². The van der Waals surface area contributed by atoms with Crippen molar-refractivity contribution in [3.63, 3.8) is 0 Å². The molecule has 1 aromatic carbocycles. The van der Waals surface area contributed by atoms with Gasteiger partial charge in [-0.3, -0.25) is 0 Å². The minimum atomic E-state index is 0.323. The average Bonchev–Trinajstić information content (AvgIpc) is 2.83. The van der Waals surface area contributed by atoms with Crippen molar-refractivity contribution in [1.29, 1.82) is 0 Å². The Kier molecular flexibility index (Phi) is 3.50. The summed E-state index contributed by atoms with van der Waals surface area (Å²) in [6.07, 6.45) is 2.16. The van der Waals surface area contributed by atoms with Crippen LogP contribution in [-0.4, -0.2) is 19.7 Å². The van der Waals surface area contributed by atoms with E-state index >= 15 is 0 Å². The maximum absolute atomic E-state index is 5.71. The highest BCUT2D eigenvalue weighted by Crippen LogP contribution is 2.15. The smallest absolute Gasteiger partial charge is 0.150 e. The van der Waals surface area contributed by atoms with E-state index in [0.29, 0.717) is 23.8 Å². The second-order valence-corrected chi connectivity index (χ2v) is 5.31. The Labute approximate surface area is 128 Å². The van der Waals surface area contributed by atoms with E-state index in [-0.39, 0.29) is 0 Å². The van der Waals surface area contributed by atoms with Gasteiger partial charge in [-0.1, -0.05) is 12.1 Å². The van der Waals surface area contributed by atoms with Gasteiger partial charge in [0.25, 0.3) is 0 Å². The Bertz CT molecular complexity index is 804. The van der Waals surface area contributed by atoms with Crippen LogP contribution in [0.1, 0.15) is 22.8 Å². The van der Waals surface area contributed by atoms with Crippen LogP contribution in [0.2, 0.25) is 0 Å². The fourth-order valence-electron chi connectivity index (χ4n) is 2.36. The van der Waals surface area contributed by atoms with Crippen LogP contribution < -0.4 is 11.5 Å². The molecule has 0 spiro atoms. The third-order valence-electron chi connectivity index (χ3n) is 3.45. The Hall–Kier alpha value is -2.89. The van der Waals surface area contributed by atoms with Gasteiger partial charge in [-0.05, 0) is 37.6 Å². The number of hydrogen-bond acceptors (Lipinski definition) is 5. The molecule has 0 atom stereocenters. The number of nitrogen functional groups attached to an aromatic ring is 2. The minimum Gasteiger partial charge on any atom is -0.394 e. The first-order valence-electron chi connectivity index (χ1n) is 7.02. The van der Waals surface area contributed by atoms with Gasteiger partial charge in [0.2, 0.25) is 0 Å². The Morgan fingerprint density at radius 3 is 2.41 bits per heavy atom. The molecular weight excluding hydrogens is 276 g/mol. The van der Waals surface area contributed by atoms with Gasteiger partial charge in [0.05, 0.1) is 23.3 Å². The van der Waals surface area contributed by atoms with E-state index in [2.05, 4.69) is 21.1 Å². The first kappa shape index (κ1) is 14.1. The maximum atomic E-state index is 5.71. The third kappa shape index (κ3) is 2.76. The van der Waals surface area contributed by atoms with E-state index in [0.717, 1.165) is 22.6 Å². The van der Waals surface area contributed by atoms with Gasteiger partial charge in [0, 0.05) is 12.1 Å². The molecule has 2 heterocycles. The first-order valence-corrected chi connectivity index (χ1v) is 7.02. The van der Waals surface area contributed by atoms with Crippen molar-refractivity contribution in [2.24, 2.45) is 0 Å². The van der Waals surface area contributed by atoms with E-state index in [1.54, 1.807) is 6.20 Å². The molecule has 6 nitrogen and oxygen atoms in total. The zero-order chi connectivity index (χ0) is 15.7. The lowest BCUT2D eigenvalue weighted by atomic mass is 10.1. The number of nitrogens with two attached hydrogens (primary N) is 2. The molecule has 3 rings (SSSR count). The SMILES string of the molecule is Cc1cc(C)n(-c2ccc(Cc3ncc(N)c(N)n3)cc2)n1. The quantitative estimate of drug-likeness (QED) is 0.770. The average molecular weight is 294 g/mol. The van der Waals surface area contributed by atoms with Crippen LogP contribution in [0, 0.1) is 13.8 Å². The Morgan fingerprint density at radius 1 is 1.09 bits per heavy atom. The normalized spacial score (nSPS) is 10.8. The van der Waals surface area contributed by atoms with Gasteiger partial charge in [-0.15, -0.1) is 0 Å². The van der Waals surface area contributed by atoms with Crippen LogP contribution in [0.15, 0.2) is 36.5 Å². The van der Waals surface area contributed by atoms with Crippen molar-refractivity contribution in [2.75, 3.05) is 11.5 Å². The van der Waals surface area contributed by atoms with Crippen molar-refractivity contribution in [3.8, 4) is 5.69 Å². The largest absolute Gasteiger partial charge is 0.394 e. The minimum absolute atomic E-state index is 0.323. The van der Waals surface area contributed by atoms with Gasteiger partial charge >= 0.3 is 0 Å². The monoisotopic (exact) mass is 294 g/mol. The predicted octanol–water partition coefficient (Wildman–Crippen LogP) is 2.03. The highest BCUT2D eigenvalue weighted by atomic mass is 15.3. The molecule has 3 aromatic rings. The molecular formula is C16H18N6. The summed E-state index contributed by atoms with van der Waals surface area (Å²) in [5, 5.41) is 4.48. The van der Waals surface area contributed by atoms with E-state index in [4.69, 9.17) is 11.5 Å². The third-order valence-corrected chi connectivity index (χ3v) is 3.45. The summed E-state index contributed by atoms with van der Waals surface area (Å²) in [7, 11) is 0. The van der Waals surface area contributed by atoms with Crippen molar-refractivity contribution in [1.82, 2.24) is 19.7 Å². The molecule has 0 radical (unpaired) electrons. The number of aromatic nitrogens is 4. The summed E-state index contributed by atoms with van der Waals surface area (Å²) < 4.78 is 1.93. The summed E-state index contributed by atoms with van der Waals surface area (Å²) in [4.78, 5) is 8.39. The van der Waals surface area contributed by atoms with Crippen LogP contribution in [0.4, 0.5) is 11.5 Å². The Morgan fingerprint density at radius 2 is 1.82 bits per heavy atom. The summed E-state index contributed by atoms with van der Waals surface area (Å²) in [6, 6.07) is 10.2. The molecule has 0 unspecified atom stereocenters. The van der Waals surface area contributed by atoms with E-state index in [1.807, 2.05) is 42.8 Å². The fourth-order valence-corrected chi connectivity index (χ4v) is 2.36. The molecule has 6 heteroatoms. The fraction of sp³-hybridized carbons (Fsp3) is 0.188. The topological polar surface area (TPSA) is 95.6 Å². The van der Waals surface area contributed by atoms with Crippen LogP contribution in [-0.2, 0) is 6.42 Å². The van der Waals surface area contributed by atoms with Gasteiger partial charge in [0.1, 0.15) is 11.6 Å². The molecule has 2 aromatic heterocycles. The molecule has 0 saturated heterocycles. The standard InChI is InChI=1S/C16H18N6/c1-10-7-11(2)22(21-10)13-5-3-12(4-6-13)8-15-19-9-14(17)16(18)20-15/h3-7,9H,8,17H2,1-2H3,(H2,18,19,20). The lowest BCUT2D eigenvalue weighted by Gasteiger charge is -2.07. The van der Waals surface area contributed by atoms with Crippen molar-refractivity contribution >= 4 is 11.5 Å². The number of hydrogen-bond donors (Lipinski definition) is 2. The van der Waals surface area contributed by atoms with Crippen molar-refractivity contribution < 1.29 is 0 Å². The van der Waals surface area contributed by atoms with E-state index in [1.165, 1.54) is 0 Å². The molecule has 0 bridgehead atoms. The van der Waals surface area contributed by atoms with Crippen molar-refractivity contribution in [3.05, 3.63) is 59.3 Å². The van der Waals surface area contributed by atoms with Gasteiger partial charge in [-0.2, -0.15) is 5.10 Å². The maximum Gasteiger partial charge on any atom is 0.150 e. The molecule has 112 valence electrons. The first-order chi connectivity index (χ1) is 10.5. The molecule has 0 saturated carbocycles. The van der Waals surface area contributed by atoms with Gasteiger partial charge in [-0.25, -0.2) is 14.6 Å². The number of aryl methyl sites for hydroxylation is 2. The lowest BCUT2D eigenvalue weighted by molar-refractivity contribution is 0.832. The highest BCUT2D eigenvalue weighted by Gasteiger charge is 2.06. The highest BCUT2D eigenvalue weighted by molar-refractivity contribution is 5.56. The Balaban J connectivity index is 1.82. The van der Waals surface area contributed by atoms with E-state index in [9.17, 15) is 0 Å². The van der Waals surface area contributed by atoms with Crippen LogP contribution >= 0.6 is 0 Å². The van der Waals surface area contributed by atoms with Crippen molar-refractivity contribution in [2.45, 2.75) is 20.3 Å². The predicted molar refractivity (Wildman–Crippen MR) is 86.7 cm³/mol. The van der Waals surface area contributed by atoms with Gasteiger partial charge in [0.15, 0.2) is 0 Å². The number of rotatable bonds is 3. The second-order valence-electron chi connectivity index (χ2n) is 5.31. The van der Waals surface area contributed by atoms with Gasteiger partial charge < -0.3 is 11.5 Å². The van der Waals surface area contributed by atoms with Crippen LogP contribution in [0.3, 0.4) is 0 Å². The van der Waals surface area contributed by atoms with Crippen LogP contribution in [0.5, 0.6) is 0 Å². The lowest BCUT2D eigenvalue weighted by Crippen LogP contribution is -2.04. The molecule has 22 heavy (non-hydrogen) atoms. The molecule has 0 fully saturated rings. The molecule has 0 aliphatic rings. The number of nitrogens with zero attached hydrogens (tertiary/aromatic N) is 4. The summed E-state index contributed by atoms with van der Waals surface area (Å²) in [5.41, 5.74) is 16.0. The molecule has 0 aliphatic carbocycles. The summed E-state index contributed by atoms with van der Waals surface area (Å²) in [6.45, 7) is 4.03.